The molecule has 110 valence electrons. The number of rotatable bonds is 4. The van der Waals surface area contributed by atoms with E-state index in [0.29, 0.717) is 0 Å². The Bertz CT molecular complexity index is 691. The van der Waals surface area contributed by atoms with Crippen LogP contribution in [0.4, 0.5) is 14.5 Å². The van der Waals surface area contributed by atoms with E-state index in [1.54, 1.807) is 0 Å². The second-order valence-electron chi connectivity index (χ2n) is 3.88. The number of hydrogen-bond acceptors (Lipinski definition) is 4. The van der Waals surface area contributed by atoms with Crippen LogP contribution in [-0.2, 0) is 0 Å². The molecule has 7 nitrogen and oxygen atoms in total. The van der Waals surface area contributed by atoms with Crippen LogP contribution in [0.2, 0.25) is 0 Å². The van der Waals surface area contributed by atoms with Crippen LogP contribution in [0.1, 0.15) is 20.8 Å². The smallest absolute Gasteiger partial charge is 0.356 e. The van der Waals surface area contributed by atoms with Crippen LogP contribution in [0.25, 0.3) is 0 Å². The molecule has 0 aliphatic carbocycles. The summed E-state index contributed by atoms with van der Waals surface area (Å²) in [4.78, 5) is 22.7. The van der Waals surface area contributed by atoms with E-state index in [1.807, 2.05) is 0 Å². The standard InChI is InChI=1S/C12H9F2N3O4/c1-21-5-2-6(13)9(7(14)3-5)11(18)16-8-4-15-17-10(8)12(19)20/h2-4H,1H3,(H,15,17)(H,16,18)(H,19,20). The third-order valence-electron chi connectivity index (χ3n) is 2.58. The molecular weight excluding hydrogens is 288 g/mol. The number of aromatic nitrogens is 2. The molecule has 0 unspecified atom stereocenters. The molecule has 0 saturated carbocycles. The first kappa shape index (κ1) is 14.4. The van der Waals surface area contributed by atoms with E-state index in [2.05, 4.69) is 20.3 Å². The number of ether oxygens (including phenoxy) is 1. The molecular formula is C12H9F2N3O4. The molecule has 21 heavy (non-hydrogen) atoms. The third kappa shape index (κ3) is 2.81. The number of aromatic carboxylic acids is 1. The van der Waals surface area contributed by atoms with Crippen LogP contribution in [0.5, 0.6) is 5.75 Å². The maximum atomic E-state index is 13.7. The van der Waals surface area contributed by atoms with E-state index < -0.39 is 34.8 Å². The van der Waals surface area contributed by atoms with Crippen molar-refractivity contribution in [1.29, 1.82) is 0 Å². The van der Waals surface area contributed by atoms with Gasteiger partial charge in [0.1, 0.15) is 22.9 Å². The minimum atomic E-state index is -1.38. The number of nitrogens with one attached hydrogen (secondary N) is 2. The Morgan fingerprint density at radius 2 is 1.95 bits per heavy atom. The van der Waals surface area contributed by atoms with Gasteiger partial charge in [0.05, 0.1) is 19.0 Å². The highest BCUT2D eigenvalue weighted by atomic mass is 19.1. The highest BCUT2D eigenvalue weighted by Gasteiger charge is 2.22. The Hall–Kier alpha value is -2.97. The van der Waals surface area contributed by atoms with Gasteiger partial charge in [-0.25, -0.2) is 13.6 Å². The van der Waals surface area contributed by atoms with Crippen LogP contribution >= 0.6 is 0 Å². The molecule has 1 heterocycles. The number of halogens is 2. The van der Waals surface area contributed by atoms with Gasteiger partial charge in [0.2, 0.25) is 0 Å². The Kier molecular flexibility index (Phi) is 3.83. The number of methoxy groups -OCH3 is 1. The summed E-state index contributed by atoms with van der Waals surface area (Å²) in [6.45, 7) is 0. The number of carbonyl (C=O) groups is 2. The summed E-state index contributed by atoms with van der Waals surface area (Å²) in [7, 11) is 1.22. The van der Waals surface area contributed by atoms with Crippen molar-refractivity contribution in [2.45, 2.75) is 0 Å². The zero-order valence-corrected chi connectivity index (χ0v) is 10.6. The maximum absolute atomic E-state index is 13.7. The molecule has 0 bridgehead atoms. The number of amides is 1. The van der Waals surface area contributed by atoms with Gasteiger partial charge in [0.15, 0.2) is 5.69 Å². The van der Waals surface area contributed by atoms with Gasteiger partial charge in [0.25, 0.3) is 5.91 Å². The summed E-state index contributed by atoms with van der Waals surface area (Å²) in [5.74, 6) is -4.87. The van der Waals surface area contributed by atoms with Crippen molar-refractivity contribution in [2.24, 2.45) is 0 Å². The fourth-order valence-electron chi connectivity index (χ4n) is 1.61. The lowest BCUT2D eigenvalue weighted by molar-refractivity contribution is 0.0691. The molecule has 1 aromatic heterocycles. The Morgan fingerprint density at radius 1 is 1.33 bits per heavy atom. The first-order valence-electron chi connectivity index (χ1n) is 5.55. The number of anilines is 1. The third-order valence-corrected chi connectivity index (χ3v) is 2.58. The van der Waals surface area contributed by atoms with Gasteiger partial charge in [-0.2, -0.15) is 5.10 Å². The van der Waals surface area contributed by atoms with Gasteiger partial charge in [-0.1, -0.05) is 0 Å². The average Bonchev–Trinajstić information content (AvgIpc) is 2.85. The van der Waals surface area contributed by atoms with E-state index in [0.717, 1.165) is 18.3 Å². The average molecular weight is 297 g/mol. The first-order valence-corrected chi connectivity index (χ1v) is 5.55. The van der Waals surface area contributed by atoms with E-state index in [-0.39, 0.29) is 11.4 Å². The fraction of sp³-hybridized carbons (Fsp3) is 0.0833. The summed E-state index contributed by atoms with van der Waals surface area (Å²) < 4.78 is 32.1. The molecule has 2 aromatic rings. The number of benzene rings is 1. The molecule has 1 amide bonds. The fourth-order valence-corrected chi connectivity index (χ4v) is 1.61. The van der Waals surface area contributed by atoms with Gasteiger partial charge >= 0.3 is 5.97 Å². The summed E-state index contributed by atoms with van der Waals surface area (Å²) >= 11 is 0. The predicted molar refractivity (Wildman–Crippen MR) is 66.4 cm³/mol. The van der Waals surface area contributed by atoms with Gasteiger partial charge in [-0.3, -0.25) is 9.89 Å². The van der Waals surface area contributed by atoms with E-state index in [4.69, 9.17) is 5.11 Å². The van der Waals surface area contributed by atoms with Gasteiger partial charge in [-0.05, 0) is 0 Å². The quantitative estimate of drug-likeness (QED) is 0.796. The number of nitrogens with zero attached hydrogens (tertiary/aromatic N) is 1. The maximum Gasteiger partial charge on any atom is 0.356 e. The van der Waals surface area contributed by atoms with Gasteiger partial charge in [0, 0.05) is 12.1 Å². The number of aromatic amines is 1. The zero-order valence-electron chi connectivity index (χ0n) is 10.6. The topological polar surface area (TPSA) is 104 Å². The Labute approximate surface area is 116 Å². The van der Waals surface area contributed by atoms with Crippen LogP contribution in [0.15, 0.2) is 18.3 Å². The molecule has 2 rings (SSSR count). The number of hydrogen-bond donors (Lipinski definition) is 3. The SMILES string of the molecule is COc1cc(F)c(C(=O)Nc2cn[nH]c2C(=O)O)c(F)c1. The molecule has 0 atom stereocenters. The van der Waals surface area contributed by atoms with Crippen molar-refractivity contribution >= 4 is 17.6 Å². The molecule has 0 aliphatic heterocycles. The van der Waals surface area contributed by atoms with Crippen molar-refractivity contribution in [3.8, 4) is 5.75 Å². The van der Waals surface area contributed by atoms with Crippen molar-refractivity contribution in [3.05, 3.63) is 41.2 Å². The number of H-pyrrole nitrogens is 1. The van der Waals surface area contributed by atoms with E-state index >= 15 is 0 Å². The van der Waals surface area contributed by atoms with Crippen LogP contribution in [0, 0.1) is 11.6 Å². The van der Waals surface area contributed by atoms with Crippen molar-refractivity contribution in [2.75, 3.05) is 12.4 Å². The molecule has 0 fully saturated rings. The van der Waals surface area contributed by atoms with Crippen LogP contribution in [0.3, 0.4) is 0 Å². The number of carboxylic acid groups (broad SMARTS) is 1. The second kappa shape index (κ2) is 5.57. The summed E-state index contributed by atoms with van der Waals surface area (Å²) in [6, 6.07) is 1.68. The lowest BCUT2D eigenvalue weighted by Gasteiger charge is -2.08. The second-order valence-corrected chi connectivity index (χ2v) is 3.88. The van der Waals surface area contributed by atoms with Crippen molar-refractivity contribution < 1.29 is 28.2 Å². The minimum Gasteiger partial charge on any atom is -0.497 e. The lowest BCUT2D eigenvalue weighted by atomic mass is 10.1. The summed E-state index contributed by atoms with van der Waals surface area (Å²) in [6.07, 6.45) is 1.01. The minimum absolute atomic E-state index is 0.0870. The molecule has 0 aliphatic rings. The Balaban J connectivity index is 2.33. The molecule has 1 aromatic carbocycles. The number of carbonyl (C=O) groups excluding carboxylic acids is 1. The largest absolute Gasteiger partial charge is 0.497 e. The van der Waals surface area contributed by atoms with E-state index in [9.17, 15) is 18.4 Å². The van der Waals surface area contributed by atoms with Crippen molar-refractivity contribution in [1.82, 2.24) is 10.2 Å². The Morgan fingerprint density at radius 3 is 2.48 bits per heavy atom. The molecule has 0 radical (unpaired) electrons. The summed E-state index contributed by atoms with van der Waals surface area (Å²) in [5.41, 5.74) is -1.46. The zero-order chi connectivity index (χ0) is 15.6. The molecule has 3 N–H and O–H groups in total. The summed E-state index contributed by atoms with van der Waals surface area (Å²) in [5, 5.41) is 16.5. The van der Waals surface area contributed by atoms with E-state index in [1.165, 1.54) is 7.11 Å². The van der Waals surface area contributed by atoms with Gasteiger partial charge in [-0.15, -0.1) is 0 Å². The predicted octanol–water partition coefficient (Wildman–Crippen LogP) is 1.65. The van der Waals surface area contributed by atoms with Crippen molar-refractivity contribution in [3.63, 3.8) is 0 Å². The molecule has 0 spiro atoms. The first-order chi connectivity index (χ1) is 9.93. The lowest BCUT2D eigenvalue weighted by Crippen LogP contribution is -2.17. The van der Waals surface area contributed by atoms with Gasteiger partial charge < -0.3 is 15.2 Å². The molecule has 9 heteroatoms. The highest BCUT2D eigenvalue weighted by molar-refractivity contribution is 6.07. The highest BCUT2D eigenvalue weighted by Crippen LogP contribution is 2.22. The van der Waals surface area contributed by atoms with Crippen LogP contribution in [-0.4, -0.2) is 34.3 Å². The normalized spacial score (nSPS) is 10.2. The molecule has 0 saturated heterocycles. The van der Waals surface area contributed by atoms with Crippen LogP contribution < -0.4 is 10.1 Å². The number of carboxylic acids is 1. The monoisotopic (exact) mass is 297 g/mol.